The molecule has 0 radical (unpaired) electrons. The average molecular weight is 620 g/mol. The van der Waals surface area contributed by atoms with E-state index in [9.17, 15) is 10.2 Å². The maximum absolute atomic E-state index is 10.4. The zero-order valence-electron chi connectivity index (χ0n) is 19.9. The molecule has 1 aliphatic heterocycles. The minimum atomic E-state index is -0.677. The van der Waals surface area contributed by atoms with Gasteiger partial charge in [0.2, 0.25) is 0 Å². The normalized spacial score (nSPS) is 17.1. The number of aliphatic hydroxyl groups excluding tert-OH is 2. The Bertz CT molecular complexity index is 891. The Hall–Kier alpha value is -0.710. The topological polar surface area (TPSA) is 62.2 Å². The van der Waals surface area contributed by atoms with Crippen molar-refractivity contribution in [1.82, 2.24) is 4.90 Å². The number of hydrogen-bond donors (Lipinski definition) is 2. The first-order valence-electron chi connectivity index (χ1n) is 11.7. The molecule has 0 saturated carbocycles. The highest BCUT2D eigenvalue weighted by molar-refractivity contribution is 14.1. The smallest absolute Gasteiger partial charge is 0.132 e. The molecule has 3 rings (SSSR count). The van der Waals surface area contributed by atoms with Crippen LogP contribution in [0.3, 0.4) is 0 Å². The fourth-order valence-corrected chi connectivity index (χ4v) is 5.58. The number of benzene rings is 2. The van der Waals surface area contributed by atoms with Crippen LogP contribution in [0.15, 0.2) is 42.5 Å². The van der Waals surface area contributed by atoms with Gasteiger partial charge >= 0.3 is 0 Å². The molecule has 1 aliphatic rings. The molecule has 2 unspecified atom stereocenters. The van der Waals surface area contributed by atoms with E-state index in [0.717, 1.165) is 33.9 Å². The van der Waals surface area contributed by atoms with Gasteiger partial charge in [0.15, 0.2) is 0 Å². The monoisotopic (exact) mass is 619 g/mol. The summed E-state index contributed by atoms with van der Waals surface area (Å²) in [4.78, 5) is 2.33. The summed E-state index contributed by atoms with van der Waals surface area (Å²) >= 11 is 9.90. The summed E-state index contributed by atoms with van der Waals surface area (Å²) in [5, 5.41) is 20.0. The van der Waals surface area contributed by atoms with E-state index in [1.54, 1.807) is 0 Å². The average Bonchev–Trinajstić information content (AvgIpc) is 3.10. The van der Waals surface area contributed by atoms with Crippen LogP contribution in [0, 0.1) is 3.57 Å². The molecule has 2 N–H and O–H groups in total. The molecule has 1 saturated heterocycles. The first kappa shape index (κ1) is 27.9. The zero-order chi connectivity index (χ0) is 24.6. The van der Waals surface area contributed by atoms with Crippen molar-refractivity contribution in [3.63, 3.8) is 0 Å². The Morgan fingerprint density at radius 2 is 1.71 bits per heavy atom. The molecule has 0 bridgehead atoms. The second kappa shape index (κ2) is 13.6. The molecule has 1 heterocycles. The SMILES string of the molecule is CC(C)(c1ccc(OCC(O)CN2CCCSCC2)cc1)c1ccc(OCC(O)CCl)c(I)c1. The Labute approximate surface area is 226 Å². The second-order valence-electron chi connectivity index (χ2n) is 9.15. The van der Waals surface area contributed by atoms with E-state index in [0.29, 0.717) is 13.2 Å². The molecule has 5 nitrogen and oxygen atoms in total. The first-order chi connectivity index (χ1) is 16.3. The number of thioether (sulfide) groups is 1. The summed E-state index contributed by atoms with van der Waals surface area (Å²) in [5.41, 5.74) is 2.13. The van der Waals surface area contributed by atoms with Crippen molar-refractivity contribution < 1.29 is 19.7 Å². The van der Waals surface area contributed by atoms with Crippen molar-refractivity contribution >= 4 is 46.0 Å². The molecule has 34 heavy (non-hydrogen) atoms. The van der Waals surface area contributed by atoms with Crippen LogP contribution in [0.1, 0.15) is 31.4 Å². The van der Waals surface area contributed by atoms with Crippen LogP contribution in [-0.2, 0) is 5.41 Å². The van der Waals surface area contributed by atoms with Gasteiger partial charge in [0.25, 0.3) is 0 Å². The molecule has 8 heteroatoms. The van der Waals surface area contributed by atoms with E-state index < -0.39 is 12.2 Å². The molecular formula is C26H35ClINO4S. The van der Waals surface area contributed by atoms with Crippen molar-refractivity contribution in [1.29, 1.82) is 0 Å². The summed E-state index contributed by atoms with van der Waals surface area (Å²) in [6.45, 7) is 7.60. The maximum Gasteiger partial charge on any atom is 0.132 e. The molecule has 0 aromatic heterocycles. The molecule has 2 aromatic carbocycles. The van der Waals surface area contributed by atoms with Gasteiger partial charge in [-0.3, -0.25) is 4.90 Å². The predicted octanol–water partition coefficient (Wildman–Crippen LogP) is 4.77. The number of aliphatic hydroxyl groups is 2. The lowest BCUT2D eigenvalue weighted by atomic mass is 9.78. The van der Waals surface area contributed by atoms with E-state index in [1.807, 2.05) is 30.0 Å². The van der Waals surface area contributed by atoms with Crippen LogP contribution in [-0.4, -0.2) is 77.6 Å². The van der Waals surface area contributed by atoms with Crippen molar-refractivity contribution in [2.75, 3.05) is 50.2 Å². The van der Waals surface area contributed by atoms with E-state index in [4.69, 9.17) is 21.1 Å². The lowest BCUT2D eigenvalue weighted by Crippen LogP contribution is -2.36. The van der Waals surface area contributed by atoms with Gasteiger partial charge in [0.05, 0.1) is 9.45 Å². The van der Waals surface area contributed by atoms with Crippen molar-refractivity contribution in [3.8, 4) is 11.5 Å². The lowest BCUT2D eigenvalue weighted by molar-refractivity contribution is 0.0708. The van der Waals surface area contributed by atoms with E-state index in [1.165, 1.54) is 23.3 Å². The molecular weight excluding hydrogens is 585 g/mol. The van der Waals surface area contributed by atoms with Crippen molar-refractivity contribution in [2.24, 2.45) is 0 Å². The Morgan fingerprint density at radius 1 is 1.00 bits per heavy atom. The minimum absolute atomic E-state index is 0.151. The molecule has 1 fully saturated rings. The van der Waals surface area contributed by atoms with Gasteiger partial charge in [-0.1, -0.05) is 32.0 Å². The van der Waals surface area contributed by atoms with E-state index in [-0.39, 0.29) is 17.9 Å². The number of halogens is 2. The molecule has 0 aliphatic carbocycles. The number of rotatable bonds is 11. The fourth-order valence-electron chi connectivity index (χ4n) is 3.90. The zero-order valence-corrected chi connectivity index (χ0v) is 23.6. The molecule has 2 atom stereocenters. The van der Waals surface area contributed by atoms with Gasteiger partial charge < -0.3 is 19.7 Å². The van der Waals surface area contributed by atoms with Crippen LogP contribution >= 0.6 is 46.0 Å². The third kappa shape index (κ3) is 8.17. The van der Waals surface area contributed by atoms with Gasteiger partial charge in [-0.05, 0) is 76.7 Å². The van der Waals surface area contributed by atoms with Crippen molar-refractivity contribution in [2.45, 2.75) is 37.9 Å². The number of β-amino-alcohol motifs (C(OH)–C–C–N with tert-alkyl or cyclic N) is 1. The second-order valence-corrected chi connectivity index (χ2v) is 11.8. The third-order valence-electron chi connectivity index (χ3n) is 6.07. The molecule has 0 amide bonds. The van der Waals surface area contributed by atoms with Gasteiger partial charge in [0, 0.05) is 24.3 Å². The van der Waals surface area contributed by atoms with Crippen LogP contribution in [0.5, 0.6) is 11.5 Å². The molecule has 2 aromatic rings. The third-order valence-corrected chi connectivity index (χ3v) is 8.31. The lowest BCUT2D eigenvalue weighted by Gasteiger charge is -2.27. The minimum Gasteiger partial charge on any atom is -0.491 e. The Kier molecular flexibility index (Phi) is 11.1. The summed E-state index contributed by atoms with van der Waals surface area (Å²) in [5.74, 6) is 4.00. The van der Waals surface area contributed by atoms with Crippen LogP contribution in [0.4, 0.5) is 0 Å². The fraction of sp³-hybridized carbons (Fsp3) is 0.538. The summed E-state index contributed by atoms with van der Waals surface area (Å²) in [6, 6.07) is 14.2. The summed E-state index contributed by atoms with van der Waals surface area (Å²) < 4.78 is 12.6. The standard InChI is InChI=1S/C26H35ClINO4S/c1-26(2,20-6-9-25(24(28)14-20)33-17-21(30)15-27)19-4-7-23(8-5-19)32-18-22(31)16-29-10-3-12-34-13-11-29/h4-9,14,21-22,30-31H,3,10-13,15-18H2,1-2H3. The highest BCUT2D eigenvalue weighted by atomic mass is 127. The van der Waals surface area contributed by atoms with Crippen LogP contribution < -0.4 is 9.47 Å². The quantitative estimate of drug-likeness (QED) is 0.279. The highest BCUT2D eigenvalue weighted by Crippen LogP contribution is 2.35. The molecule has 188 valence electrons. The van der Waals surface area contributed by atoms with Crippen LogP contribution in [0.2, 0.25) is 0 Å². The molecule has 0 spiro atoms. The number of nitrogens with zero attached hydrogens (tertiary/aromatic N) is 1. The Balaban J connectivity index is 1.56. The van der Waals surface area contributed by atoms with E-state index >= 15 is 0 Å². The summed E-state index contributed by atoms with van der Waals surface area (Å²) in [7, 11) is 0. The maximum atomic E-state index is 10.4. The van der Waals surface area contributed by atoms with E-state index in [2.05, 4.69) is 65.6 Å². The number of ether oxygens (including phenoxy) is 2. The van der Waals surface area contributed by atoms with Gasteiger partial charge in [-0.25, -0.2) is 0 Å². The highest BCUT2D eigenvalue weighted by Gasteiger charge is 2.24. The number of hydrogen-bond acceptors (Lipinski definition) is 6. The number of alkyl halides is 1. The largest absolute Gasteiger partial charge is 0.491 e. The van der Waals surface area contributed by atoms with Gasteiger partial charge in [-0.15, -0.1) is 11.6 Å². The Morgan fingerprint density at radius 3 is 2.41 bits per heavy atom. The van der Waals surface area contributed by atoms with Crippen molar-refractivity contribution in [3.05, 3.63) is 57.2 Å². The first-order valence-corrected chi connectivity index (χ1v) is 14.4. The predicted molar refractivity (Wildman–Crippen MR) is 150 cm³/mol. The van der Waals surface area contributed by atoms with Crippen LogP contribution in [0.25, 0.3) is 0 Å². The van der Waals surface area contributed by atoms with Gasteiger partial charge in [0.1, 0.15) is 36.9 Å². The summed E-state index contributed by atoms with van der Waals surface area (Å²) in [6.07, 6.45) is 0.0120. The van der Waals surface area contributed by atoms with Gasteiger partial charge in [-0.2, -0.15) is 11.8 Å².